The van der Waals surface area contributed by atoms with E-state index in [0.717, 1.165) is 6.26 Å². The van der Waals surface area contributed by atoms with Crippen LogP contribution in [0, 0.1) is 0 Å². The Kier molecular flexibility index (Phi) is 6.82. The van der Waals surface area contributed by atoms with Gasteiger partial charge in [-0.3, -0.25) is 4.79 Å². The Hall–Kier alpha value is -1.35. The summed E-state index contributed by atoms with van der Waals surface area (Å²) in [6, 6.07) is -0.933. The average molecular weight is 350 g/mol. The second-order valence-corrected chi connectivity index (χ2v) is 8.81. The molecule has 0 spiro atoms. The van der Waals surface area contributed by atoms with Gasteiger partial charge in [0.25, 0.3) is 0 Å². The third-order valence-corrected chi connectivity index (χ3v) is 4.07. The molecule has 0 bridgehead atoms. The van der Waals surface area contributed by atoms with E-state index >= 15 is 0 Å². The van der Waals surface area contributed by atoms with Crippen molar-refractivity contribution in [3.8, 4) is 0 Å². The summed E-state index contributed by atoms with van der Waals surface area (Å²) >= 11 is 0. The summed E-state index contributed by atoms with van der Waals surface area (Å²) in [6.07, 6.45) is 0.364. The molecule has 1 aliphatic rings. The zero-order chi connectivity index (χ0) is 17.7. The van der Waals surface area contributed by atoms with Gasteiger partial charge in [-0.1, -0.05) is 0 Å². The predicted octanol–water partition coefficient (Wildman–Crippen LogP) is 0.173. The van der Waals surface area contributed by atoms with E-state index in [1.807, 2.05) is 0 Å². The Bertz CT molecular complexity index is 520. The first-order valence-electron chi connectivity index (χ1n) is 7.52. The number of hydrogen-bond acceptors (Lipinski definition) is 6. The number of amides is 2. The van der Waals surface area contributed by atoms with Crippen LogP contribution in [0.4, 0.5) is 4.79 Å². The van der Waals surface area contributed by atoms with Crippen LogP contribution in [-0.4, -0.2) is 75.3 Å². The Morgan fingerprint density at radius 2 is 1.83 bits per heavy atom. The number of morpholine rings is 1. The molecule has 0 saturated carbocycles. The van der Waals surface area contributed by atoms with Gasteiger partial charge >= 0.3 is 6.09 Å². The Morgan fingerprint density at radius 1 is 1.26 bits per heavy atom. The number of hydrogen-bond donors (Lipinski definition) is 1. The molecule has 8 nitrogen and oxygen atoms in total. The van der Waals surface area contributed by atoms with Crippen molar-refractivity contribution in [1.82, 2.24) is 10.2 Å². The first kappa shape index (κ1) is 19.7. The molecule has 0 unspecified atom stereocenters. The van der Waals surface area contributed by atoms with Gasteiger partial charge in [0.15, 0.2) is 0 Å². The topological polar surface area (TPSA) is 102 Å². The van der Waals surface area contributed by atoms with Crippen molar-refractivity contribution in [2.24, 2.45) is 0 Å². The minimum absolute atomic E-state index is 0.00820. The first-order valence-corrected chi connectivity index (χ1v) is 9.58. The van der Waals surface area contributed by atoms with Crippen LogP contribution >= 0.6 is 0 Å². The van der Waals surface area contributed by atoms with Crippen LogP contribution in [0.1, 0.15) is 27.2 Å². The van der Waals surface area contributed by atoms with Crippen molar-refractivity contribution in [2.45, 2.75) is 38.8 Å². The highest BCUT2D eigenvalue weighted by Gasteiger charge is 2.29. The molecule has 1 aliphatic heterocycles. The molecule has 1 saturated heterocycles. The van der Waals surface area contributed by atoms with E-state index in [-0.39, 0.29) is 18.1 Å². The summed E-state index contributed by atoms with van der Waals surface area (Å²) in [7, 11) is -3.24. The third kappa shape index (κ3) is 8.17. The van der Waals surface area contributed by atoms with Crippen LogP contribution in [0.15, 0.2) is 0 Å². The molecule has 0 aromatic heterocycles. The van der Waals surface area contributed by atoms with E-state index in [1.54, 1.807) is 25.7 Å². The van der Waals surface area contributed by atoms with Gasteiger partial charge in [0.1, 0.15) is 21.5 Å². The lowest BCUT2D eigenvalue weighted by atomic mass is 10.2. The summed E-state index contributed by atoms with van der Waals surface area (Å²) in [4.78, 5) is 26.0. The maximum Gasteiger partial charge on any atom is 0.408 e. The number of rotatable bonds is 5. The standard InChI is InChI=1S/C14H26N2O6S/c1-14(2,3)22-13(18)15-11(5-10-23(4,19)20)12(17)16-6-8-21-9-7-16/h11H,5-10H2,1-4H3,(H,15,18)/t11-/m0/s1. The normalized spacial score (nSPS) is 17.5. The fourth-order valence-corrected chi connectivity index (χ4v) is 2.71. The minimum atomic E-state index is -3.24. The van der Waals surface area contributed by atoms with Crippen LogP contribution in [0.25, 0.3) is 0 Å². The van der Waals surface area contributed by atoms with Crippen molar-refractivity contribution in [3.05, 3.63) is 0 Å². The van der Waals surface area contributed by atoms with Crippen molar-refractivity contribution in [1.29, 1.82) is 0 Å². The number of sulfone groups is 1. The van der Waals surface area contributed by atoms with E-state index in [9.17, 15) is 18.0 Å². The molecule has 0 radical (unpaired) electrons. The molecule has 23 heavy (non-hydrogen) atoms. The number of carbonyl (C=O) groups is 2. The molecular formula is C14H26N2O6S. The lowest BCUT2D eigenvalue weighted by Gasteiger charge is -2.31. The van der Waals surface area contributed by atoms with Crippen molar-refractivity contribution in [2.75, 3.05) is 38.3 Å². The zero-order valence-corrected chi connectivity index (χ0v) is 14.9. The second-order valence-electron chi connectivity index (χ2n) is 6.56. The van der Waals surface area contributed by atoms with Crippen molar-refractivity contribution >= 4 is 21.8 Å². The first-order chi connectivity index (χ1) is 10.5. The summed E-state index contributed by atoms with van der Waals surface area (Å²) in [5.74, 6) is -0.508. The summed E-state index contributed by atoms with van der Waals surface area (Å²) in [5, 5.41) is 2.49. The number of nitrogens with zero attached hydrogens (tertiary/aromatic N) is 1. The molecule has 1 atom stereocenters. The highest BCUT2D eigenvalue weighted by atomic mass is 32.2. The van der Waals surface area contributed by atoms with Gasteiger partial charge in [-0.05, 0) is 27.2 Å². The van der Waals surface area contributed by atoms with Gasteiger partial charge in [0.2, 0.25) is 5.91 Å². The van der Waals surface area contributed by atoms with Gasteiger partial charge in [-0.2, -0.15) is 0 Å². The molecule has 2 amide bonds. The molecular weight excluding hydrogens is 324 g/mol. The third-order valence-electron chi connectivity index (χ3n) is 3.09. The van der Waals surface area contributed by atoms with Crippen molar-refractivity contribution in [3.63, 3.8) is 0 Å². The van der Waals surface area contributed by atoms with Crippen LogP contribution in [0.5, 0.6) is 0 Å². The zero-order valence-electron chi connectivity index (χ0n) is 14.1. The summed E-state index contributed by atoms with van der Waals surface area (Å²) in [5.41, 5.74) is -0.701. The maximum atomic E-state index is 12.5. The van der Waals surface area contributed by atoms with Gasteiger partial charge < -0.3 is 19.7 Å². The quantitative estimate of drug-likeness (QED) is 0.758. The van der Waals surface area contributed by atoms with Gasteiger partial charge in [-0.25, -0.2) is 13.2 Å². The molecule has 1 fully saturated rings. The largest absolute Gasteiger partial charge is 0.444 e. The molecule has 9 heteroatoms. The van der Waals surface area contributed by atoms with E-state index in [4.69, 9.17) is 9.47 Å². The fourth-order valence-electron chi connectivity index (χ4n) is 2.04. The molecule has 1 heterocycles. The van der Waals surface area contributed by atoms with Crippen molar-refractivity contribution < 1.29 is 27.5 Å². The predicted molar refractivity (Wildman–Crippen MR) is 84.9 cm³/mol. The maximum absolute atomic E-state index is 12.5. The smallest absolute Gasteiger partial charge is 0.408 e. The molecule has 1 rings (SSSR count). The average Bonchev–Trinajstić information content (AvgIpc) is 2.40. The Morgan fingerprint density at radius 3 is 2.30 bits per heavy atom. The Labute approximate surface area is 137 Å². The number of alkyl carbamates (subject to hydrolysis) is 1. The fraction of sp³-hybridized carbons (Fsp3) is 0.857. The molecule has 0 aromatic rings. The molecule has 0 aromatic carbocycles. The van der Waals surface area contributed by atoms with Crippen LogP contribution in [-0.2, 0) is 24.1 Å². The van der Waals surface area contributed by atoms with Gasteiger partial charge in [0, 0.05) is 19.3 Å². The van der Waals surface area contributed by atoms with Crippen LogP contribution in [0.2, 0.25) is 0 Å². The summed E-state index contributed by atoms with van der Waals surface area (Å²) in [6.45, 7) is 6.83. The monoisotopic (exact) mass is 350 g/mol. The van der Waals surface area contributed by atoms with E-state index in [1.165, 1.54) is 0 Å². The highest BCUT2D eigenvalue weighted by Crippen LogP contribution is 2.09. The lowest BCUT2D eigenvalue weighted by molar-refractivity contribution is -0.137. The summed E-state index contributed by atoms with van der Waals surface area (Å²) < 4.78 is 33.1. The highest BCUT2D eigenvalue weighted by molar-refractivity contribution is 7.90. The SMILES string of the molecule is CC(C)(C)OC(=O)N[C@@H](CCS(C)(=O)=O)C(=O)N1CCOCC1. The number of carbonyl (C=O) groups excluding carboxylic acids is 2. The molecule has 134 valence electrons. The second kappa shape index (κ2) is 7.96. The minimum Gasteiger partial charge on any atom is -0.444 e. The molecule has 0 aliphatic carbocycles. The van der Waals surface area contributed by atoms with E-state index in [2.05, 4.69) is 5.32 Å². The lowest BCUT2D eigenvalue weighted by Crippen LogP contribution is -2.53. The van der Waals surface area contributed by atoms with E-state index in [0.29, 0.717) is 26.3 Å². The van der Waals surface area contributed by atoms with E-state index < -0.39 is 27.6 Å². The van der Waals surface area contributed by atoms with Crippen LogP contribution in [0.3, 0.4) is 0 Å². The molecule has 1 N–H and O–H groups in total. The number of nitrogens with one attached hydrogen (secondary N) is 1. The van der Waals surface area contributed by atoms with Gasteiger partial charge in [-0.15, -0.1) is 0 Å². The Balaban J connectivity index is 2.74. The van der Waals surface area contributed by atoms with Gasteiger partial charge in [0.05, 0.1) is 19.0 Å². The van der Waals surface area contributed by atoms with Crippen LogP contribution < -0.4 is 5.32 Å². The number of ether oxygens (including phenoxy) is 2.